The zero-order chi connectivity index (χ0) is 49.8. The lowest BCUT2D eigenvalue weighted by Gasteiger charge is -2.32. The Morgan fingerprint density at radius 2 is 0.972 bits per heavy atom. The lowest BCUT2D eigenvalue weighted by Crippen LogP contribution is -2.41. The van der Waals surface area contributed by atoms with Crippen molar-refractivity contribution in [1.82, 2.24) is 19.9 Å². The lowest BCUT2D eigenvalue weighted by atomic mass is 9.79. The molecule has 1 saturated heterocycles. The number of aromatic nitrogens is 4. The maximum atomic E-state index is 11.8. The monoisotopic (exact) mass is 1100 g/mol. The van der Waals surface area contributed by atoms with Crippen molar-refractivity contribution in [3.8, 4) is 10.4 Å². The first kappa shape index (κ1) is 53.8. The highest BCUT2D eigenvalue weighted by Gasteiger charge is 2.51. The Balaban J connectivity index is 0.000000179. The van der Waals surface area contributed by atoms with E-state index in [4.69, 9.17) is 24.0 Å². The molecule has 0 N–H and O–H groups in total. The second-order valence-corrected chi connectivity index (χ2v) is 20.4. The third-order valence-electron chi connectivity index (χ3n) is 11.2. The van der Waals surface area contributed by atoms with Crippen LogP contribution in [-0.4, -0.2) is 75.8 Å². The summed E-state index contributed by atoms with van der Waals surface area (Å²) in [6.07, 6.45) is 3.15. The Morgan fingerprint density at radius 3 is 1.38 bits per heavy atom. The maximum absolute atomic E-state index is 11.8. The van der Waals surface area contributed by atoms with Crippen LogP contribution in [0, 0.1) is 16.7 Å². The predicted octanol–water partition coefficient (Wildman–Crippen LogP) is 12.5. The van der Waals surface area contributed by atoms with E-state index in [-0.39, 0.29) is 18.8 Å². The van der Waals surface area contributed by atoms with Crippen molar-refractivity contribution in [3.05, 3.63) is 206 Å². The highest BCUT2D eigenvalue weighted by molar-refractivity contribution is 14.1. The molecule has 4 aromatic carbocycles. The summed E-state index contributed by atoms with van der Waals surface area (Å²) in [4.78, 5) is 51.2. The molecular formula is C55H54BIN6O6S2. The van der Waals surface area contributed by atoms with Crippen molar-refractivity contribution in [3.63, 3.8) is 0 Å². The zero-order valence-electron chi connectivity index (χ0n) is 39.9. The summed E-state index contributed by atoms with van der Waals surface area (Å²) in [7, 11) is 2.16. The molecule has 5 heterocycles. The van der Waals surface area contributed by atoms with Crippen molar-refractivity contribution in [1.29, 1.82) is 0 Å². The van der Waals surface area contributed by atoms with Crippen LogP contribution in [0.2, 0.25) is 0 Å². The molecule has 0 bridgehead atoms. The van der Waals surface area contributed by atoms with Gasteiger partial charge < -0.3 is 18.8 Å². The van der Waals surface area contributed by atoms with Gasteiger partial charge >= 0.3 is 19.1 Å². The van der Waals surface area contributed by atoms with Gasteiger partial charge in [-0.15, -0.1) is 0 Å². The number of carbonyl (C=O) groups excluding carboxylic acids is 2. The molecule has 0 aliphatic carbocycles. The number of pyridine rings is 2. The molecule has 362 valence electrons. The third kappa shape index (κ3) is 13.7. The van der Waals surface area contributed by atoms with E-state index in [1.165, 1.54) is 28.4 Å². The van der Waals surface area contributed by atoms with Crippen molar-refractivity contribution in [2.75, 3.05) is 14.2 Å². The fourth-order valence-corrected chi connectivity index (χ4v) is 9.18. The topological polar surface area (TPSA) is 147 Å². The summed E-state index contributed by atoms with van der Waals surface area (Å²) in [5.74, 6) is -0.939. The number of rotatable bonds is 10. The molecule has 12 nitrogen and oxygen atoms in total. The molecule has 0 unspecified atom stereocenters. The van der Waals surface area contributed by atoms with E-state index in [0.29, 0.717) is 5.13 Å². The van der Waals surface area contributed by atoms with Crippen LogP contribution < -0.4 is 5.46 Å². The molecule has 71 heavy (non-hydrogen) atoms. The van der Waals surface area contributed by atoms with Crippen molar-refractivity contribution >= 4 is 91.5 Å². The van der Waals surface area contributed by atoms with Crippen molar-refractivity contribution in [2.24, 2.45) is 9.98 Å². The van der Waals surface area contributed by atoms with Gasteiger partial charge in [-0.2, -0.15) is 0 Å². The molecule has 1 fully saturated rings. The Kier molecular flexibility index (Phi) is 18.6. The van der Waals surface area contributed by atoms with Crippen LogP contribution in [0.1, 0.15) is 89.7 Å². The maximum Gasteiger partial charge on any atom is 0.494 e. The Bertz CT molecular complexity index is 3000. The van der Waals surface area contributed by atoms with Crippen LogP contribution >= 0.6 is 45.3 Å². The van der Waals surface area contributed by atoms with Gasteiger partial charge in [-0.05, 0) is 99.4 Å². The fraction of sp³-hybridized carbons (Fsp3) is 0.200. The van der Waals surface area contributed by atoms with Crippen molar-refractivity contribution in [2.45, 2.75) is 60.2 Å². The average Bonchev–Trinajstić information content (AvgIpc) is 4.00. The number of halogens is 1. The molecule has 9 rings (SSSR count). The molecule has 16 heteroatoms. The number of thiazole rings is 2. The van der Waals surface area contributed by atoms with Crippen LogP contribution in [0.5, 0.6) is 0 Å². The van der Waals surface area contributed by atoms with Crippen LogP contribution in [0.15, 0.2) is 168 Å². The largest absolute Gasteiger partial charge is 0.494 e. The molecule has 0 radical (unpaired) electrons. The minimum atomic E-state index is -0.503. The smallest absolute Gasteiger partial charge is 0.464 e. The Morgan fingerprint density at radius 1 is 0.577 bits per heavy atom. The number of nitrogens with zero attached hydrogens (tertiary/aromatic N) is 6. The van der Waals surface area contributed by atoms with E-state index in [2.05, 4.69) is 71.5 Å². The number of methoxy groups -OCH3 is 2. The SMILES string of the molecule is C.COC(=O)c1cc(-c2sc(N=C(c3ccccc3)c3ccccc3)nc2C)ccn1.COC(=O)c1cc(B2OC(C)(C)C(C)(C)O2)ccn1.Cc1nc(N=C(c2ccccc2)c2ccccc2)sc1I. The van der Waals surface area contributed by atoms with E-state index in [9.17, 15) is 9.59 Å². The van der Waals surface area contributed by atoms with Gasteiger partial charge in [-0.1, -0.05) is 151 Å². The minimum absolute atomic E-state index is 0. The Hall–Kier alpha value is -6.57. The van der Waals surface area contributed by atoms with E-state index in [1.54, 1.807) is 41.9 Å². The van der Waals surface area contributed by atoms with E-state index >= 15 is 0 Å². The number of benzene rings is 4. The standard InChI is InChI=1S/C24H19N3O2S.C17H13IN2S.C13H18BNO4.CH4/c1-16-22(19-13-14-25-20(15-19)23(28)29-2)30-24(26-16)27-21(17-9-5-3-6-10-17)18-11-7-4-8-12-18;1-12-16(18)21-17(19-12)20-15(13-8-4-2-5-9-13)14-10-6-3-7-11-14;1-12(2)13(3,4)19-14(18-12)9-6-7-15-10(8-9)11(16)17-5;/h3-15H,1-2H3;2-11H,1H3;6-8H,1-5H3;1H4. The average molecular weight is 1100 g/mol. The molecule has 4 aromatic heterocycles. The fourth-order valence-electron chi connectivity index (χ4n) is 6.85. The normalized spacial score (nSPS) is 12.9. The first-order chi connectivity index (χ1) is 33.7. The molecule has 0 spiro atoms. The van der Waals surface area contributed by atoms with E-state index < -0.39 is 30.3 Å². The first-order valence-electron chi connectivity index (χ1n) is 22.1. The van der Waals surface area contributed by atoms with Gasteiger partial charge in [0.2, 0.25) is 10.3 Å². The molecule has 1 aliphatic heterocycles. The molecular weight excluding hydrogens is 1040 g/mol. The second-order valence-electron chi connectivity index (χ2n) is 16.6. The van der Waals surface area contributed by atoms with Gasteiger partial charge in [-0.25, -0.2) is 39.5 Å². The highest BCUT2D eigenvalue weighted by atomic mass is 127. The van der Waals surface area contributed by atoms with Gasteiger partial charge in [0.15, 0.2) is 0 Å². The number of aryl methyl sites for hydroxylation is 2. The summed E-state index contributed by atoms with van der Waals surface area (Å²) in [5.41, 5.74) is 9.28. The third-order valence-corrected chi connectivity index (χ3v) is 14.6. The first-order valence-corrected chi connectivity index (χ1v) is 24.8. The number of aliphatic imine (C=N–C) groups is 2. The molecule has 1 aliphatic rings. The van der Waals surface area contributed by atoms with Crippen LogP contribution in [0.4, 0.5) is 10.3 Å². The summed E-state index contributed by atoms with van der Waals surface area (Å²) >= 11 is 5.41. The van der Waals surface area contributed by atoms with Gasteiger partial charge in [0, 0.05) is 34.6 Å². The predicted molar refractivity (Wildman–Crippen MR) is 295 cm³/mol. The number of esters is 2. The van der Waals surface area contributed by atoms with Crippen molar-refractivity contribution < 1.29 is 28.4 Å². The summed E-state index contributed by atoms with van der Waals surface area (Å²) < 4.78 is 22.4. The number of carbonyl (C=O) groups is 2. The molecule has 0 amide bonds. The van der Waals surface area contributed by atoms with Crippen LogP contribution in [-0.2, 0) is 18.8 Å². The second kappa shape index (κ2) is 24.5. The summed E-state index contributed by atoms with van der Waals surface area (Å²) in [5, 5.41) is 1.46. The number of hydrogen-bond donors (Lipinski definition) is 0. The van der Waals surface area contributed by atoms with Gasteiger partial charge in [0.1, 0.15) is 11.4 Å². The quantitative estimate of drug-likeness (QED) is 0.0561. The van der Waals surface area contributed by atoms with Crippen LogP contribution in [0.3, 0.4) is 0 Å². The summed E-state index contributed by atoms with van der Waals surface area (Å²) in [6, 6.07) is 47.6. The minimum Gasteiger partial charge on any atom is -0.464 e. The van der Waals surface area contributed by atoms with Crippen LogP contribution in [0.25, 0.3) is 10.4 Å². The summed E-state index contributed by atoms with van der Waals surface area (Å²) in [6.45, 7) is 11.9. The Labute approximate surface area is 437 Å². The van der Waals surface area contributed by atoms with Gasteiger partial charge in [-0.3, -0.25) is 0 Å². The van der Waals surface area contributed by atoms with Gasteiger partial charge in [0.05, 0.1) is 56.0 Å². The lowest BCUT2D eigenvalue weighted by molar-refractivity contribution is 0.00578. The molecule has 8 aromatic rings. The van der Waals surface area contributed by atoms with Gasteiger partial charge in [0.25, 0.3) is 0 Å². The van der Waals surface area contributed by atoms with E-state index in [1.807, 2.05) is 145 Å². The van der Waals surface area contributed by atoms with E-state index in [0.717, 1.165) is 66.1 Å². The highest BCUT2D eigenvalue weighted by Crippen LogP contribution is 2.37. The number of hydrogen-bond acceptors (Lipinski definition) is 14. The zero-order valence-corrected chi connectivity index (χ0v) is 43.7. The molecule has 0 atom stereocenters. The number of ether oxygens (including phenoxy) is 2. The molecule has 0 saturated carbocycles.